The van der Waals surface area contributed by atoms with Crippen molar-refractivity contribution in [3.63, 3.8) is 0 Å². The molecule has 6 heteroatoms. The monoisotopic (exact) mass is 308 g/mol. The number of benzene rings is 2. The molecule has 3 nitrogen and oxygen atoms in total. The Labute approximate surface area is 124 Å². The van der Waals surface area contributed by atoms with Gasteiger partial charge in [0, 0.05) is 16.0 Å². The third-order valence-electron chi connectivity index (χ3n) is 3.22. The largest absolute Gasteiger partial charge is 0.459 e. The Hall–Kier alpha value is -1.95. The maximum atomic E-state index is 14.0. The number of fused-ring (bicyclic) bond motifs is 1. The lowest BCUT2D eigenvalue weighted by Crippen LogP contribution is -2.29. The fraction of sp³-hybridized carbons (Fsp3) is 0.0667. The predicted molar refractivity (Wildman–Crippen MR) is 76.7 cm³/mol. The van der Waals surface area contributed by atoms with Crippen molar-refractivity contribution in [1.82, 2.24) is 5.43 Å². The van der Waals surface area contributed by atoms with Crippen LogP contribution in [0.5, 0.6) is 0 Å². The number of rotatable bonds is 3. The molecular formula is C15H11ClF2N2O. The molecular weight excluding hydrogens is 298 g/mol. The molecule has 108 valence electrons. The number of nitrogens with two attached hydrogens (primary N) is 1. The molecule has 0 saturated heterocycles. The third kappa shape index (κ3) is 2.63. The van der Waals surface area contributed by atoms with Crippen molar-refractivity contribution in [2.24, 2.45) is 5.84 Å². The van der Waals surface area contributed by atoms with Gasteiger partial charge in [-0.25, -0.2) is 14.2 Å². The smallest absolute Gasteiger partial charge is 0.134 e. The minimum Gasteiger partial charge on any atom is -0.459 e. The third-order valence-corrected chi connectivity index (χ3v) is 3.46. The van der Waals surface area contributed by atoms with Gasteiger partial charge in [0.05, 0.1) is 0 Å². The van der Waals surface area contributed by atoms with E-state index in [1.807, 2.05) is 0 Å². The van der Waals surface area contributed by atoms with Crippen LogP contribution in [0.4, 0.5) is 8.78 Å². The molecule has 3 N–H and O–H groups in total. The van der Waals surface area contributed by atoms with E-state index in [0.717, 1.165) is 0 Å². The van der Waals surface area contributed by atoms with E-state index in [9.17, 15) is 8.78 Å². The van der Waals surface area contributed by atoms with Crippen LogP contribution in [0.2, 0.25) is 5.02 Å². The molecule has 0 aliphatic heterocycles. The van der Waals surface area contributed by atoms with Crippen molar-refractivity contribution in [3.05, 3.63) is 70.4 Å². The fourth-order valence-electron chi connectivity index (χ4n) is 2.24. The molecule has 0 aliphatic rings. The Morgan fingerprint density at radius 3 is 2.62 bits per heavy atom. The molecule has 0 radical (unpaired) electrons. The molecule has 0 spiro atoms. The van der Waals surface area contributed by atoms with Gasteiger partial charge in [-0.05, 0) is 36.4 Å². The molecule has 0 amide bonds. The van der Waals surface area contributed by atoms with Crippen molar-refractivity contribution in [3.8, 4) is 0 Å². The summed E-state index contributed by atoms with van der Waals surface area (Å²) < 4.78 is 32.8. The van der Waals surface area contributed by atoms with Crippen LogP contribution in [0.1, 0.15) is 17.4 Å². The second-order valence-electron chi connectivity index (χ2n) is 4.60. The quantitative estimate of drug-likeness (QED) is 0.569. The fourth-order valence-corrected chi connectivity index (χ4v) is 2.40. The molecule has 1 unspecified atom stereocenters. The summed E-state index contributed by atoms with van der Waals surface area (Å²) >= 11 is 5.74. The van der Waals surface area contributed by atoms with Gasteiger partial charge in [-0.3, -0.25) is 5.84 Å². The number of halogens is 3. The number of hydrogen-bond acceptors (Lipinski definition) is 3. The number of hydrogen-bond donors (Lipinski definition) is 2. The Bertz CT molecular complexity index is 803. The molecule has 21 heavy (non-hydrogen) atoms. The van der Waals surface area contributed by atoms with Gasteiger partial charge < -0.3 is 4.42 Å². The van der Waals surface area contributed by atoms with Crippen LogP contribution in [0.3, 0.4) is 0 Å². The van der Waals surface area contributed by atoms with Crippen LogP contribution in [-0.2, 0) is 0 Å². The van der Waals surface area contributed by atoms with E-state index >= 15 is 0 Å². The first kappa shape index (κ1) is 14.0. The maximum absolute atomic E-state index is 14.0. The Morgan fingerprint density at radius 1 is 1.10 bits per heavy atom. The molecule has 1 heterocycles. The minimum atomic E-state index is -0.697. The predicted octanol–water partition coefficient (Wildman–Crippen LogP) is 3.92. The van der Waals surface area contributed by atoms with Crippen molar-refractivity contribution in [2.75, 3.05) is 0 Å². The molecule has 0 bridgehead atoms. The van der Waals surface area contributed by atoms with Crippen LogP contribution in [0, 0.1) is 11.6 Å². The van der Waals surface area contributed by atoms with Gasteiger partial charge in [0.25, 0.3) is 0 Å². The highest BCUT2D eigenvalue weighted by Gasteiger charge is 2.21. The number of furan rings is 1. The summed E-state index contributed by atoms with van der Waals surface area (Å²) in [4.78, 5) is 0. The van der Waals surface area contributed by atoms with Crippen molar-refractivity contribution in [2.45, 2.75) is 6.04 Å². The standard InChI is InChI=1S/C15H11ClF2N2O/c16-9-1-3-11(12(18)7-9)15(20-19)14-6-8-5-10(17)2-4-13(8)21-14/h1-7,15,20H,19H2. The van der Waals surface area contributed by atoms with E-state index in [2.05, 4.69) is 5.43 Å². The van der Waals surface area contributed by atoms with Crippen molar-refractivity contribution < 1.29 is 13.2 Å². The molecule has 3 aromatic rings. The molecule has 3 rings (SSSR count). The van der Waals surface area contributed by atoms with Gasteiger partial charge in [-0.15, -0.1) is 0 Å². The van der Waals surface area contributed by atoms with Crippen LogP contribution in [0.25, 0.3) is 11.0 Å². The summed E-state index contributed by atoms with van der Waals surface area (Å²) in [6.07, 6.45) is 0. The molecule has 1 atom stereocenters. The normalized spacial score (nSPS) is 12.8. The van der Waals surface area contributed by atoms with Gasteiger partial charge in [0.15, 0.2) is 0 Å². The van der Waals surface area contributed by atoms with Crippen molar-refractivity contribution >= 4 is 22.6 Å². The first-order valence-electron chi connectivity index (χ1n) is 6.18. The second kappa shape index (κ2) is 5.44. The van der Waals surface area contributed by atoms with Gasteiger partial charge in [-0.1, -0.05) is 17.7 Å². The maximum Gasteiger partial charge on any atom is 0.134 e. The highest BCUT2D eigenvalue weighted by molar-refractivity contribution is 6.30. The lowest BCUT2D eigenvalue weighted by molar-refractivity contribution is 0.462. The average Bonchev–Trinajstić information content (AvgIpc) is 2.84. The van der Waals surface area contributed by atoms with E-state index in [1.54, 1.807) is 12.1 Å². The van der Waals surface area contributed by atoms with Crippen LogP contribution in [0.15, 0.2) is 46.9 Å². The molecule has 0 fully saturated rings. The SMILES string of the molecule is NNC(c1cc2cc(F)ccc2o1)c1ccc(Cl)cc1F. The van der Waals surface area contributed by atoms with Crippen LogP contribution in [-0.4, -0.2) is 0 Å². The topological polar surface area (TPSA) is 51.2 Å². The Morgan fingerprint density at radius 2 is 1.90 bits per heavy atom. The summed E-state index contributed by atoms with van der Waals surface area (Å²) in [6, 6.07) is 9.36. The first-order valence-corrected chi connectivity index (χ1v) is 6.56. The zero-order chi connectivity index (χ0) is 15.0. The minimum absolute atomic E-state index is 0.290. The van der Waals surface area contributed by atoms with E-state index in [4.69, 9.17) is 21.9 Å². The first-order chi connectivity index (χ1) is 10.1. The zero-order valence-electron chi connectivity index (χ0n) is 10.7. The Balaban J connectivity index is 2.09. The van der Waals surface area contributed by atoms with Gasteiger partial charge in [0.2, 0.25) is 0 Å². The second-order valence-corrected chi connectivity index (χ2v) is 5.03. The van der Waals surface area contributed by atoms with E-state index < -0.39 is 11.9 Å². The summed E-state index contributed by atoms with van der Waals surface area (Å²) in [7, 11) is 0. The van der Waals surface area contributed by atoms with E-state index in [1.165, 1.54) is 30.3 Å². The lowest BCUT2D eigenvalue weighted by atomic mass is 10.0. The Kier molecular flexibility index (Phi) is 3.63. The number of hydrazine groups is 1. The van der Waals surface area contributed by atoms with Crippen molar-refractivity contribution in [1.29, 1.82) is 0 Å². The van der Waals surface area contributed by atoms with Gasteiger partial charge in [0.1, 0.15) is 29.0 Å². The summed E-state index contributed by atoms with van der Waals surface area (Å²) in [5, 5.41) is 0.873. The molecule has 1 aromatic heterocycles. The van der Waals surface area contributed by atoms with Gasteiger partial charge in [-0.2, -0.15) is 0 Å². The highest BCUT2D eigenvalue weighted by atomic mass is 35.5. The van der Waals surface area contributed by atoms with Crippen LogP contribution < -0.4 is 11.3 Å². The zero-order valence-corrected chi connectivity index (χ0v) is 11.5. The van der Waals surface area contributed by atoms with Crippen LogP contribution >= 0.6 is 11.6 Å². The lowest BCUT2D eigenvalue weighted by Gasteiger charge is -2.14. The average molecular weight is 309 g/mol. The van der Waals surface area contributed by atoms with Gasteiger partial charge >= 0.3 is 0 Å². The molecule has 0 aliphatic carbocycles. The van der Waals surface area contributed by atoms with E-state index in [0.29, 0.717) is 27.3 Å². The summed E-state index contributed by atoms with van der Waals surface area (Å²) in [5.41, 5.74) is 3.29. The van der Waals surface area contributed by atoms with E-state index in [-0.39, 0.29) is 5.82 Å². The summed E-state index contributed by atoms with van der Waals surface area (Å²) in [5.74, 6) is 5.03. The molecule has 2 aromatic carbocycles. The number of nitrogens with one attached hydrogen (secondary N) is 1. The molecule has 0 saturated carbocycles. The highest BCUT2D eigenvalue weighted by Crippen LogP contribution is 2.30. The summed E-state index contributed by atoms with van der Waals surface area (Å²) in [6.45, 7) is 0.